The van der Waals surface area contributed by atoms with Crippen LogP contribution in [-0.4, -0.2) is 38.2 Å². The lowest BCUT2D eigenvalue weighted by molar-refractivity contribution is -0.124. The zero-order valence-corrected chi connectivity index (χ0v) is 15.8. The van der Waals surface area contributed by atoms with Crippen molar-refractivity contribution >= 4 is 35.1 Å². The van der Waals surface area contributed by atoms with Crippen LogP contribution in [0.15, 0.2) is 36.4 Å². The average Bonchev–Trinajstić information content (AvgIpc) is 2.66. The topological polar surface area (TPSA) is 73.9 Å². The number of amides is 1. The fourth-order valence-electron chi connectivity index (χ4n) is 2.54. The molecule has 0 saturated carbocycles. The van der Waals surface area contributed by atoms with E-state index in [1.54, 1.807) is 6.07 Å². The number of nitrogens with one attached hydrogen (secondary N) is 1. The minimum Gasteiger partial charge on any atom is -0.486 e. The number of hydrogen-bond acceptors (Lipinski definition) is 5. The lowest BCUT2D eigenvalue weighted by Crippen LogP contribution is -2.30. The normalized spacial score (nSPS) is 12.4. The highest BCUT2D eigenvalue weighted by Crippen LogP contribution is 2.30. The number of esters is 1. The van der Waals surface area contributed by atoms with Crippen LogP contribution >= 0.6 is 23.2 Å². The van der Waals surface area contributed by atoms with Crippen LogP contribution in [0.1, 0.15) is 15.9 Å². The third-order valence-electron chi connectivity index (χ3n) is 3.84. The second-order valence-corrected chi connectivity index (χ2v) is 6.57. The first-order valence-electron chi connectivity index (χ1n) is 8.31. The lowest BCUT2D eigenvalue weighted by atomic mass is 10.1. The Morgan fingerprint density at radius 3 is 2.48 bits per heavy atom. The van der Waals surface area contributed by atoms with Crippen LogP contribution in [0.5, 0.6) is 11.5 Å². The van der Waals surface area contributed by atoms with Crippen molar-refractivity contribution in [3.63, 3.8) is 0 Å². The van der Waals surface area contributed by atoms with Crippen molar-refractivity contribution in [2.75, 3.05) is 26.4 Å². The SMILES string of the molecule is O=C(COC(=O)c1c(Cl)cccc1Cl)NCCc1ccc2c(c1)OCCO2. The summed E-state index contributed by atoms with van der Waals surface area (Å²) in [6.45, 7) is 1.04. The summed E-state index contributed by atoms with van der Waals surface area (Å²) in [4.78, 5) is 23.9. The quantitative estimate of drug-likeness (QED) is 0.740. The summed E-state index contributed by atoms with van der Waals surface area (Å²) in [5.41, 5.74) is 1.05. The van der Waals surface area contributed by atoms with E-state index in [1.165, 1.54) is 12.1 Å². The van der Waals surface area contributed by atoms with Gasteiger partial charge in [0, 0.05) is 6.54 Å². The molecule has 0 radical (unpaired) electrons. The molecule has 0 aromatic heterocycles. The number of hydrogen-bond donors (Lipinski definition) is 1. The molecule has 1 aliphatic heterocycles. The fraction of sp³-hybridized carbons (Fsp3) is 0.263. The van der Waals surface area contributed by atoms with Gasteiger partial charge in [-0.3, -0.25) is 4.79 Å². The number of benzene rings is 2. The number of fused-ring (bicyclic) bond motifs is 1. The molecule has 0 saturated heterocycles. The Morgan fingerprint density at radius 2 is 1.74 bits per heavy atom. The maximum atomic E-state index is 12.0. The largest absolute Gasteiger partial charge is 0.486 e. The molecule has 0 fully saturated rings. The van der Waals surface area contributed by atoms with E-state index in [-0.39, 0.29) is 15.6 Å². The Kier molecular flexibility index (Phi) is 6.42. The number of halogens is 2. The van der Waals surface area contributed by atoms with Gasteiger partial charge in [-0.2, -0.15) is 0 Å². The molecule has 6 nitrogen and oxygen atoms in total. The maximum absolute atomic E-state index is 12.0. The molecule has 0 spiro atoms. The minimum atomic E-state index is -0.743. The van der Waals surface area contributed by atoms with Gasteiger partial charge in [-0.25, -0.2) is 4.79 Å². The van der Waals surface area contributed by atoms with Gasteiger partial charge in [0.25, 0.3) is 5.91 Å². The Morgan fingerprint density at radius 1 is 1.04 bits per heavy atom. The van der Waals surface area contributed by atoms with E-state index >= 15 is 0 Å². The summed E-state index contributed by atoms with van der Waals surface area (Å²) in [6, 6.07) is 10.3. The van der Waals surface area contributed by atoms with Gasteiger partial charge in [0.15, 0.2) is 18.1 Å². The van der Waals surface area contributed by atoms with E-state index in [1.807, 2.05) is 18.2 Å². The van der Waals surface area contributed by atoms with Gasteiger partial charge in [0.05, 0.1) is 15.6 Å². The second-order valence-electron chi connectivity index (χ2n) is 5.75. The van der Waals surface area contributed by atoms with E-state index in [0.717, 1.165) is 11.3 Å². The molecule has 1 heterocycles. The first kappa shape index (κ1) is 19.3. The van der Waals surface area contributed by atoms with Gasteiger partial charge in [-0.1, -0.05) is 35.3 Å². The summed E-state index contributed by atoms with van der Waals surface area (Å²) >= 11 is 11.9. The molecule has 0 atom stereocenters. The van der Waals surface area contributed by atoms with Crippen LogP contribution in [0.25, 0.3) is 0 Å². The first-order chi connectivity index (χ1) is 13.0. The van der Waals surface area contributed by atoms with Crippen molar-refractivity contribution in [1.82, 2.24) is 5.32 Å². The smallest absolute Gasteiger partial charge is 0.341 e. The summed E-state index contributed by atoms with van der Waals surface area (Å²) in [5, 5.41) is 3.04. The van der Waals surface area contributed by atoms with Crippen molar-refractivity contribution in [3.05, 3.63) is 57.6 Å². The molecular weight excluding hydrogens is 393 g/mol. The lowest BCUT2D eigenvalue weighted by Gasteiger charge is -2.18. The van der Waals surface area contributed by atoms with E-state index in [4.69, 9.17) is 37.4 Å². The van der Waals surface area contributed by atoms with Crippen molar-refractivity contribution in [3.8, 4) is 11.5 Å². The van der Waals surface area contributed by atoms with Gasteiger partial charge in [-0.15, -0.1) is 0 Å². The molecule has 3 rings (SSSR count). The number of carbonyl (C=O) groups is 2. The van der Waals surface area contributed by atoms with Crippen LogP contribution in [-0.2, 0) is 16.0 Å². The van der Waals surface area contributed by atoms with Crippen LogP contribution in [0, 0.1) is 0 Å². The van der Waals surface area contributed by atoms with Crippen LogP contribution < -0.4 is 14.8 Å². The molecule has 1 amide bonds. The van der Waals surface area contributed by atoms with Crippen molar-refractivity contribution in [2.45, 2.75) is 6.42 Å². The van der Waals surface area contributed by atoms with Gasteiger partial charge in [-0.05, 0) is 36.2 Å². The third-order valence-corrected chi connectivity index (χ3v) is 4.47. The second kappa shape index (κ2) is 8.97. The molecular formula is C19H17Cl2NO5. The van der Waals surface area contributed by atoms with Crippen LogP contribution in [0.4, 0.5) is 0 Å². The van der Waals surface area contributed by atoms with E-state index < -0.39 is 18.5 Å². The summed E-state index contributed by atoms with van der Waals surface area (Å²) < 4.78 is 16.0. The summed E-state index contributed by atoms with van der Waals surface area (Å²) in [7, 11) is 0. The van der Waals surface area contributed by atoms with Crippen molar-refractivity contribution in [2.24, 2.45) is 0 Å². The number of ether oxygens (including phenoxy) is 3. The number of rotatable bonds is 6. The fourth-order valence-corrected chi connectivity index (χ4v) is 3.09. The van der Waals surface area contributed by atoms with E-state index in [0.29, 0.717) is 31.9 Å². The van der Waals surface area contributed by atoms with Crippen LogP contribution in [0.2, 0.25) is 10.0 Å². The Hall–Kier alpha value is -2.44. The molecule has 2 aromatic carbocycles. The standard InChI is InChI=1S/C19H17Cl2NO5/c20-13-2-1-3-14(21)18(13)19(24)27-11-17(23)22-7-6-12-4-5-15-16(10-12)26-9-8-25-15/h1-5,10H,6-9,11H2,(H,22,23). The highest BCUT2D eigenvalue weighted by atomic mass is 35.5. The first-order valence-corrected chi connectivity index (χ1v) is 9.06. The molecule has 2 aromatic rings. The van der Waals surface area contributed by atoms with Crippen molar-refractivity contribution in [1.29, 1.82) is 0 Å². The molecule has 0 bridgehead atoms. The predicted octanol–water partition coefficient (Wildman–Crippen LogP) is 3.28. The van der Waals surface area contributed by atoms with Gasteiger partial charge in [0.2, 0.25) is 0 Å². The summed E-state index contributed by atoms with van der Waals surface area (Å²) in [5.74, 6) is 0.270. The van der Waals surface area contributed by atoms with E-state index in [9.17, 15) is 9.59 Å². The number of carbonyl (C=O) groups excluding carboxylic acids is 2. The minimum absolute atomic E-state index is 0.0462. The molecule has 8 heteroatoms. The summed E-state index contributed by atoms with van der Waals surface area (Å²) in [6.07, 6.45) is 0.604. The maximum Gasteiger partial charge on any atom is 0.341 e. The zero-order chi connectivity index (χ0) is 19.2. The van der Waals surface area contributed by atoms with Crippen LogP contribution in [0.3, 0.4) is 0 Å². The molecule has 0 unspecified atom stereocenters. The third kappa shape index (κ3) is 5.05. The monoisotopic (exact) mass is 409 g/mol. The Bertz CT molecular complexity index is 836. The molecule has 1 aliphatic rings. The Labute approximate surface area is 166 Å². The molecule has 27 heavy (non-hydrogen) atoms. The Balaban J connectivity index is 1.44. The molecule has 0 aliphatic carbocycles. The zero-order valence-electron chi connectivity index (χ0n) is 14.3. The highest BCUT2D eigenvalue weighted by Gasteiger charge is 2.17. The van der Waals surface area contributed by atoms with Gasteiger partial charge >= 0.3 is 5.97 Å². The van der Waals surface area contributed by atoms with Gasteiger partial charge in [0.1, 0.15) is 13.2 Å². The van der Waals surface area contributed by atoms with Crippen molar-refractivity contribution < 1.29 is 23.8 Å². The molecule has 142 valence electrons. The van der Waals surface area contributed by atoms with E-state index in [2.05, 4.69) is 5.32 Å². The predicted molar refractivity (Wildman–Crippen MR) is 101 cm³/mol. The highest BCUT2D eigenvalue weighted by molar-refractivity contribution is 6.39. The van der Waals surface area contributed by atoms with Gasteiger partial charge < -0.3 is 19.5 Å². The molecule has 1 N–H and O–H groups in total. The average molecular weight is 410 g/mol.